The smallest absolute Gasteiger partial charge is 0.128 e. The Bertz CT molecular complexity index is 671. The van der Waals surface area contributed by atoms with E-state index in [1.54, 1.807) is 0 Å². The van der Waals surface area contributed by atoms with E-state index in [0.29, 0.717) is 0 Å². The highest BCUT2D eigenvalue weighted by molar-refractivity contribution is 5.57. The van der Waals surface area contributed by atoms with E-state index < -0.39 is 0 Å². The number of pyridine rings is 1. The summed E-state index contributed by atoms with van der Waals surface area (Å²) < 4.78 is 5.96. The van der Waals surface area contributed by atoms with Gasteiger partial charge in [-0.25, -0.2) is 4.98 Å². The Morgan fingerprint density at radius 2 is 1.67 bits per heavy atom. The van der Waals surface area contributed by atoms with Crippen molar-refractivity contribution in [1.29, 1.82) is 0 Å². The van der Waals surface area contributed by atoms with Crippen LogP contribution in [-0.2, 0) is 0 Å². The van der Waals surface area contributed by atoms with Gasteiger partial charge in [-0.15, -0.1) is 0 Å². The van der Waals surface area contributed by atoms with Gasteiger partial charge < -0.3 is 14.5 Å². The Morgan fingerprint density at radius 1 is 0.958 bits per heavy atom. The Hall–Kier alpha value is -2.23. The molecule has 0 bridgehead atoms. The minimum Gasteiger partial charge on any atom is -0.488 e. The van der Waals surface area contributed by atoms with E-state index in [-0.39, 0.29) is 5.60 Å². The second-order valence-corrected chi connectivity index (χ2v) is 7.32. The summed E-state index contributed by atoms with van der Waals surface area (Å²) in [5.74, 6) is 2.01. The normalized spacial score (nSPS) is 15.5. The van der Waals surface area contributed by atoms with Crippen LogP contribution in [0.1, 0.15) is 26.3 Å². The van der Waals surface area contributed by atoms with Gasteiger partial charge in [0.2, 0.25) is 0 Å². The summed E-state index contributed by atoms with van der Waals surface area (Å²) in [5.41, 5.74) is 2.40. The zero-order valence-corrected chi connectivity index (χ0v) is 15.1. The maximum absolute atomic E-state index is 5.96. The van der Waals surface area contributed by atoms with E-state index in [2.05, 4.69) is 66.7 Å². The fraction of sp³-hybridized carbons (Fsp3) is 0.450. The molecule has 1 aliphatic heterocycles. The second-order valence-electron chi connectivity index (χ2n) is 7.32. The van der Waals surface area contributed by atoms with Crippen molar-refractivity contribution in [1.82, 2.24) is 4.98 Å². The maximum Gasteiger partial charge on any atom is 0.128 e. The van der Waals surface area contributed by atoms with Crippen LogP contribution in [0, 0.1) is 6.92 Å². The third kappa shape index (κ3) is 3.99. The monoisotopic (exact) mass is 325 g/mol. The fourth-order valence-corrected chi connectivity index (χ4v) is 3.12. The van der Waals surface area contributed by atoms with Gasteiger partial charge in [0.25, 0.3) is 0 Å². The zero-order valence-electron chi connectivity index (χ0n) is 15.1. The molecule has 4 heteroatoms. The molecule has 0 radical (unpaired) electrons. The number of ether oxygens (including phenoxy) is 1. The van der Waals surface area contributed by atoms with Gasteiger partial charge in [-0.3, -0.25) is 0 Å². The molecule has 1 aromatic heterocycles. The van der Waals surface area contributed by atoms with Crippen LogP contribution >= 0.6 is 0 Å². The Balaban J connectivity index is 1.66. The van der Waals surface area contributed by atoms with Crippen LogP contribution in [0.15, 0.2) is 42.6 Å². The molecule has 0 aliphatic carbocycles. The molecular formula is C20H27N3O. The lowest BCUT2D eigenvalue weighted by molar-refractivity contribution is 0.131. The van der Waals surface area contributed by atoms with Gasteiger partial charge in [0.15, 0.2) is 0 Å². The van der Waals surface area contributed by atoms with Crippen molar-refractivity contribution in [3.63, 3.8) is 0 Å². The lowest BCUT2D eigenvalue weighted by Gasteiger charge is -2.37. The molecule has 0 saturated carbocycles. The molecule has 128 valence electrons. The van der Waals surface area contributed by atoms with Crippen molar-refractivity contribution in [2.24, 2.45) is 0 Å². The minimum absolute atomic E-state index is 0.164. The largest absolute Gasteiger partial charge is 0.488 e. The molecule has 1 saturated heterocycles. The number of piperazine rings is 1. The summed E-state index contributed by atoms with van der Waals surface area (Å²) in [6.07, 6.45) is 1.86. The van der Waals surface area contributed by atoms with Crippen molar-refractivity contribution < 1.29 is 4.74 Å². The summed E-state index contributed by atoms with van der Waals surface area (Å²) in [6.45, 7) is 12.4. The van der Waals surface area contributed by atoms with Crippen LogP contribution in [-0.4, -0.2) is 36.8 Å². The molecule has 2 heterocycles. The maximum atomic E-state index is 5.96. The number of nitrogens with zero attached hydrogens (tertiary/aromatic N) is 3. The number of aromatic nitrogens is 1. The van der Waals surface area contributed by atoms with Crippen LogP contribution in [0.25, 0.3) is 0 Å². The molecule has 0 unspecified atom stereocenters. The van der Waals surface area contributed by atoms with Crippen molar-refractivity contribution >= 4 is 11.5 Å². The third-order valence-electron chi connectivity index (χ3n) is 4.19. The van der Waals surface area contributed by atoms with Crippen LogP contribution in [0.2, 0.25) is 0 Å². The third-order valence-corrected chi connectivity index (χ3v) is 4.19. The summed E-state index contributed by atoms with van der Waals surface area (Å²) in [6, 6.07) is 12.5. The quantitative estimate of drug-likeness (QED) is 0.856. The summed E-state index contributed by atoms with van der Waals surface area (Å²) in [4.78, 5) is 9.26. The standard InChI is InChI=1S/C20H27N3O/c1-16-15-17(24-20(2,3)4)8-9-18(16)22-11-13-23(14-12-22)19-7-5-6-10-21-19/h5-10,15H,11-14H2,1-4H3. The van der Waals surface area contributed by atoms with Gasteiger partial charge in [0.1, 0.15) is 17.2 Å². The fourth-order valence-electron chi connectivity index (χ4n) is 3.12. The summed E-state index contributed by atoms with van der Waals surface area (Å²) in [7, 11) is 0. The van der Waals surface area contributed by atoms with Crippen LogP contribution < -0.4 is 14.5 Å². The lowest BCUT2D eigenvalue weighted by Crippen LogP contribution is -2.47. The van der Waals surface area contributed by atoms with E-state index in [4.69, 9.17) is 4.74 Å². The minimum atomic E-state index is -0.164. The van der Waals surface area contributed by atoms with Gasteiger partial charge in [-0.1, -0.05) is 6.07 Å². The number of aryl methyl sites for hydroxylation is 1. The first-order valence-electron chi connectivity index (χ1n) is 8.63. The Kier molecular flexibility index (Phi) is 4.65. The van der Waals surface area contributed by atoms with Crippen molar-refractivity contribution in [2.45, 2.75) is 33.3 Å². The zero-order chi connectivity index (χ0) is 17.2. The van der Waals surface area contributed by atoms with Crippen LogP contribution in [0.5, 0.6) is 5.75 Å². The first-order valence-corrected chi connectivity index (χ1v) is 8.63. The molecule has 24 heavy (non-hydrogen) atoms. The predicted molar refractivity (Wildman–Crippen MR) is 100 cm³/mol. The highest BCUT2D eigenvalue weighted by atomic mass is 16.5. The van der Waals surface area contributed by atoms with Crippen molar-refractivity contribution in [3.8, 4) is 5.75 Å². The van der Waals surface area contributed by atoms with Crippen molar-refractivity contribution in [2.75, 3.05) is 36.0 Å². The highest BCUT2D eigenvalue weighted by Gasteiger charge is 2.20. The van der Waals surface area contributed by atoms with Crippen molar-refractivity contribution in [3.05, 3.63) is 48.2 Å². The molecule has 0 N–H and O–H groups in total. The van der Waals surface area contributed by atoms with E-state index in [9.17, 15) is 0 Å². The highest BCUT2D eigenvalue weighted by Crippen LogP contribution is 2.28. The van der Waals surface area contributed by atoms with E-state index >= 15 is 0 Å². The van der Waals surface area contributed by atoms with Gasteiger partial charge >= 0.3 is 0 Å². The summed E-state index contributed by atoms with van der Waals surface area (Å²) in [5, 5.41) is 0. The topological polar surface area (TPSA) is 28.6 Å². The molecule has 2 aromatic rings. The molecule has 1 fully saturated rings. The summed E-state index contributed by atoms with van der Waals surface area (Å²) >= 11 is 0. The molecule has 1 aliphatic rings. The molecule has 0 atom stereocenters. The first-order chi connectivity index (χ1) is 11.4. The van der Waals surface area contributed by atoms with E-state index in [1.165, 1.54) is 11.3 Å². The van der Waals surface area contributed by atoms with Crippen LogP contribution in [0.4, 0.5) is 11.5 Å². The molecule has 4 nitrogen and oxygen atoms in total. The van der Waals surface area contributed by atoms with Crippen LogP contribution in [0.3, 0.4) is 0 Å². The SMILES string of the molecule is Cc1cc(OC(C)(C)C)ccc1N1CCN(c2ccccn2)CC1. The van der Waals surface area contributed by atoms with Gasteiger partial charge in [0.05, 0.1) is 0 Å². The predicted octanol–water partition coefficient (Wildman–Crippen LogP) is 3.89. The van der Waals surface area contributed by atoms with Gasteiger partial charge in [0, 0.05) is 38.1 Å². The number of rotatable bonds is 3. The number of benzene rings is 1. The van der Waals surface area contributed by atoms with E-state index in [1.807, 2.05) is 18.3 Å². The molecule has 0 amide bonds. The van der Waals surface area contributed by atoms with Gasteiger partial charge in [-0.2, -0.15) is 0 Å². The first kappa shape index (κ1) is 16.6. The Labute approximate surface area is 145 Å². The number of hydrogen-bond donors (Lipinski definition) is 0. The number of anilines is 2. The average molecular weight is 325 g/mol. The molecule has 3 rings (SSSR count). The molecular weight excluding hydrogens is 298 g/mol. The average Bonchev–Trinajstić information content (AvgIpc) is 2.55. The second kappa shape index (κ2) is 6.71. The number of hydrogen-bond acceptors (Lipinski definition) is 4. The molecule has 1 aromatic carbocycles. The Morgan fingerprint density at radius 3 is 2.25 bits per heavy atom. The molecule has 0 spiro atoms. The van der Waals surface area contributed by atoms with E-state index in [0.717, 1.165) is 37.7 Å². The van der Waals surface area contributed by atoms with Gasteiger partial charge in [-0.05, 0) is 63.6 Å². The lowest BCUT2D eigenvalue weighted by atomic mass is 10.1.